The van der Waals surface area contributed by atoms with Crippen LogP contribution in [0.2, 0.25) is 0 Å². The minimum atomic E-state index is -0.201. The van der Waals surface area contributed by atoms with Gasteiger partial charge in [-0.05, 0) is 19.4 Å². The predicted molar refractivity (Wildman–Crippen MR) is 74.6 cm³/mol. The molecule has 5 heteroatoms. The van der Waals surface area contributed by atoms with E-state index in [0.29, 0.717) is 17.9 Å². The molecule has 2 rings (SSSR count). The number of nitrogens with zero attached hydrogens (tertiary/aromatic N) is 2. The van der Waals surface area contributed by atoms with E-state index in [1.807, 2.05) is 44.2 Å². The second kappa shape index (κ2) is 5.56. The average Bonchev–Trinajstić information content (AvgIpc) is 2.80. The standard InChI is InChI=1S/C14H18N4O/c1-3-18-13(12(15)9-16-18)14(19)17-10(2)11-7-5-4-6-8-11/h4-10H,3,15H2,1-2H3,(H,17,19). The van der Waals surface area contributed by atoms with Gasteiger partial charge in [-0.2, -0.15) is 5.10 Å². The zero-order valence-electron chi connectivity index (χ0n) is 11.1. The molecule has 3 N–H and O–H groups in total. The van der Waals surface area contributed by atoms with Gasteiger partial charge in [0.25, 0.3) is 5.91 Å². The molecule has 0 aliphatic heterocycles. The smallest absolute Gasteiger partial charge is 0.272 e. The lowest BCUT2D eigenvalue weighted by atomic mass is 10.1. The van der Waals surface area contributed by atoms with Crippen LogP contribution >= 0.6 is 0 Å². The van der Waals surface area contributed by atoms with Crippen LogP contribution in [-0.2, 0) is 6.54 Å². The zero-order chi connectivity index (χ0) is 13.8. The lowest BCUT2D eigenvalue weighted by Crippen LogP contribution is -2.29. The van der Waals surface area contributed by atoms with Crippen LogP contribution in [-0.4, -0.2) is 15.7 Å². The maximum Gasteiger partial charge on any atom is 0.272 e. The number of hydrogen-bond acceptors (Lipinski definition) is 3. The third kappa shape index (κ3) is 2.76. The summed E-state index contributed by atoms with van der Waals surface area (Å²) >= 11 is 0. The average molecular weight is 258 g/mol. The molecular formula is C14H18N4O. The van der Waals surface area contributed by atoms with Gasteiger partial charge >= 0.3 is 0 Å². The fourth-order valence-corrected chi connectivity index (χ4v) is 1.98. The van der Waals surface area contributed by atoms with Crippen molar-refractivity contribution in [3.05, 3.63) is 47.8 Å². The molecule has 0 fully saturated rings. The molecule has 1 atom stereocenters. The molecule has 0 saturated heterocycles. The Bertz CT molecular complexity index is 562. The van der Waals surface area contributed by atoms with Gasteiger partial charge in [-0.25, -0.2) is 0 Å². The summed E-state index contributed by atoms with van der Waals surface area (Å²) in [5.74, 6) is -0.201. The Morgan fingerprint density at radius 1 is 1.42 bits per heavy atom. The van der Waals surface area contributed by atoms with Crippen molar-refractivity contribution in [2.75, 3.05) is 5.73 Å². The third-order valence-corrected chi connectivity index (χ3v) is 3.03. The van der Waals surface area contributed by atoms with Gasteiger partial charge in [0.2, 0.25) is 0 Å². The van der Waals surface area contributed by atoms with Crippen LogP contribution in [0, 0.1) is 0 Å². The number of benzene rings is 1. The molecule has 19 heavy (non-hydrogen) atoms. The number of anilines is 1. The largest absolute Gasteiger partial charge is 0.396 e. The summed E-state index contributed by atoms with van der Waals surface area (Å²) in [6.45, 7) is 4.47. The summed E-state index contributed by atoms with van der Waals surface area (Å²) in [4.78, 5) is 12.2. The first-order valence-electron chi connectivity index (χ1n) is 6.30. The fourth-order valence-electron chi connectivity index (χ4n) is 1.98. The summed E-state index contributed by atoms with van der Waals surface area (Å²) < 4.78 is 1.60. The zero-order valence-corrected chi connectivity index (χ0v) is 11.1. The number of carbonyl (C=O) groups is 1. The van der Waals surface area contributed by atoms with Crippen molar-refractivity contribution < 1.29 is 4.79 Å². The molecule has 1 heterocycles. The van der Waals surface area contributed by atoms with E-state index < -0.39 is 0 Å². The van der Waals surface area contributed by atoms with Crippen molar-refractivity contribution in [2.45, 2.75) is 26.4 Å². The van der Waals surface area contributed by atoms with Crippen molar-refractivity contribution in [3.63, 3.8) is 0 Å². The van der Waals surface area contributed by atoms with Crippen molar-refractivity contribution in [2.24, 2.45) is 0 Å². The van der Waals surface area contributed by atoms with Gasteiger partial charge in [-0.3, -0.25) is 9.48 Å². The molecule has 0 aliphatic rings. The number of carbonyl (C=O) groups excluding carboxylic acids is 1. The topological polar surface area (TPSA) is 72.9 Å². The lowest BCUT2D eigenvalue weighted by molar-refractivity contribution is 0.0930. The van der Waals surface area contributed by atoms with E-state index in [1.165, 1.54) is 6.20 Å². The van der Waals surface area contributed by atoms with Gasteiger partial charge in [0, 0.05) is 6.54 Å². The molecule has 0 radical (unpaired) electrons. The van der Waals surface area contributed by atoms with Gasteiger partial charge in [0.15, 0.2) is 0 Å². The van der Waals surface area contributed by atoms with E-state index in [4.69, 9.17) is 5.73 Å². The molecule has 2 aromatic rings. The van der Waals surface area contributed by atoms with Crippen LogP contribution in [0.3, 0.4) is 0 Å². The maximum atomic E-state index is 12.2. The number of amides is 1. The summed E-state index contributed by atoms with van der Waals surface area (Å²) in [6, 6.07) is 9.72. The Morgan fingerprint density at radius 3 is 2.74 bits per heavy atom. The van der Waals surface area contributed by atoms with Gasteiger partial charge in [0.05, 0.1) is 17.9 Å². The second-order valence-corrected chi connectivity index (χ2v) is 4.37. The summed E-state index contributed by atoms with van der Waals surface area (Å²) in [5, 5.41) is 7.00. The Morgan fingerprint density at radius 2 is 2.11 bits per heavy atom. The highest BCUT2D eigenvalue weighted by molar-refractivity contribution is 5.97. The number of rotatable bonds is 4. The van der Waals surface area contributed by atoms with Gasteiger partial charge in [0.1, 0.15) is 5.69 Å². The highest BCUT2D eigenvalue weighted by Gasteiger charge is 2.18. The number of aromatic nitrogens is 2. The van der Waals surface area contributed by atoms with Crippen molar-refractivity contribution >= 4 is 11.6 Å². The minimum Gasteiger partial charge on any atom is -0.396 e. The van der Waals surface area contributed by atoms with E-state index in [1.54, 1.807) is 4.68 Å². The Balaban J connectivity index is 2.15. The fraction of sp³-hybridized carbons (Fsp3) is 0.286. The SMILES string of the molecule is CCn1ncc(N)c1C(=O)NC(C)c1ccccc1. The van der Waals surface area contributed by atoms with Gasteiger partial charge in [-0.1, -0.05) is 30.3 Å². The van der Waals surface area contributed by atoms with E-state index in [-0.39, 0.29) is 11.9 Å². The molecule has 100 valence electrons. The van der Waals surface area contributed by atoms with E-state index in [2.05, 4.69) is 10.4 Å². The lowest BCUT2D eigenvalue weighted by Gasteiger charge is -2.15. The van der Waals surface area contributed by atoms with E-state index in [9.17, 15) is 4.79 Å². The van der Waals surface area contributed by atoms with Crippen LogP contribution in [0.15, 0.2) is 36.5 Å². The van der Waals surface area contributed by atoms with E-state index >= 15 is 0 Å². The number of nitrogens with one attached hydrogen (secondary N) is 1. The monoisotopic (exact) mass is 258 g/mol. The summed E-state index contributed by atoms with van der Waals surface area (Å²) in [5.41, 5.74) is 7.66. The predicted octanol–water partition coefficient (Wildman–Crippen LogP) is 1.98. The van der Waals surface area contributed by atoms with Crippen molar-refractivity contribution in [3.8, 4) is 0 Å². The molecule has 0 aliphatic carbocycles. The molecule has 1 unspecified atom stereocenters. The van der Waals surface area contributed by atoms with Crippen LogP contribution in [0.4, 0.5) is 5.69 Å². The van der Waals surface area contributed by atoms with Crippen LogP contribution < -0.4 is 11.1 Å². The Hall–Kier alpha value is -2.30. The first-order valence-corrected chi connectivity index (χ1v) is 6.30. The van der Waals surface area contributed by atoms with Crippen LogP contribution in [0.25, 0.3) is 0 Å². The number of aryl methyl sites for hydroxylation is 1. The first kappa shape index (κ1) is 13.1. The van der Waals surface area contributed by atoms with Crippen LogP contribution in [0.5, 0.6) is 0 Å². The number of hydrogen-bond donors (Lipinski definition) is 2. The Kier molecular flexibility index (Phi) is 3.85. The Labute approximate surface area is 112 Å². The molecule has 1 aromatic carbocycles. The summed E-state index contributed by atoms with van der Waals surface area (Å²) in [6.07, 6.45) is 1.51. The number of nitrogens with two attached hydrogens (primary N) is 1. The molecule has 1 amide bonds. The van der Waals surface area contributed by atoms with Crippen molar-refractivity contribution in [1.29, 1.82) is 0 Å². The molecule has 1 aromatic heterocycles. The third-order valence-electron chi connectivity index (χ3n) is 3.03. The molecule has 0 saturated carbocycles. The highest BCUT2D eigenvalue weighted by Crippen LogP contribution is 2.15. The molecule has 0 spiro atoms. The number of nitrogen functional groups attached to an aromatic ring is 1. The summed E-state index contributed by atoms with van der Waals surface area (Å²) in [7, 11) is 0. The van der Waals surface area contributed by atoms with Gasteiger partial charge in [-0.15, -0.1) is 0 Å². The van der Waals surface area contributed by atoms with E-state index in [0.717, 1.165) is 5.56 Å². The molecule has 5 nitrogen and oxygen atoms in total. The molecule has 0 bridgehead atoms. The second-order valence-electron chi connectivity index (χ2n) is 4.37. The maximum absolute atomic E-state index is 12.2. The minimum absolute atomic E-state index is 0.0756. The van der Waals surface area contributed by atoms with Crippen molar-refractivity contribution in [1.82, 2.24) is 15.1 Å². The normalized spacial score (nSPS) is 12.1. The van der Waals surface area contributed by atoms with Crippen LogP contribution in [0.1, 0.15) is 35.9 Å². The first-order chi connectivity index (χ1) is 9.13. The quantitative estimate of drug-likeness (QED) is 0.880. The van der Waals surface area contributed by atoms with Gasteiger partial charge < -0.3 is 11.1 Å². The molecular weight excluding hydrogens is 240 g/mol. The highest BCUT2D eigenvalue weighted by atomic mass is 16.2.